The van der Waals surface area contributed by atoms with E-state index >= 15 is 0 Å². The van der Waals surface area contributed by atoms with E-state index in [1.54, 1.807) is 12.1 Å². The van der Waals surface area contributed by atoms with E-state index in [4.69, 9.17) is 31.9 Å². The van der Waals surface area contributed by atoms with Crippen LogP contribution in [0.5, 0.6) is 23.0 Å². The summed E-state index contributed by atoms with van der Waals surface area (Å²) in [6, 6.07) is 6.10. The molecule has 0 unspecified atom stereocenters. The predicted octanol–water partition coefficient (Wildman–Crippen LogP) is 4.83. The summed E-state index contributed by atoms with van der Waals surface area (Å²) in [5.41, 5.74) is -2.39. The lowest BCUT2D eigenvalue weighted by atomic mass is 10.1. The first-order chi connectivity index (χ1) is 18.0. The van der Waals surface area contributed by atoms with E-state index in [0.717, 1.165) is 0 Å². The van der Waals surface area contributed by atoms with Crippen molar-refractivity contribution >= 4 is 56.4 Å². The van der Waals surface area contributed by atoms with Crippen LogP contribution in [0.3, 0.4) is 0 Å². The second-order valence-corrected chi connectivity index (χ2v) is 7.83. The minimum absolute atomic E-state index is 0.0194. The summed E-state index contributed by atoms with van der Waals surface area (Å²) >= 11 is 0. The fourth-order valence-electron chi connectivity index (χ4n) is 4.41. The van der Waals surface area contributed by atoms with Gasteiger partial charge in [0.1, 0.15) is 55.7 Å². The molecule has 0 amide bonds. The molecule has 2 aromatic carbocycles. The molecule has 0 aliphatic heterocycles. The second-order valence-electron chi connectivity index (χ2n) is 7.83. The van der Waals surface area contributed by atoms with Crippen LogP contribution in [-0.2, 0) is 0 Å². The van der Waals surface area contributed by atoms with Gasteiger partial charge in [0.15, 0.2) is 24.1 Å². The van der Waals surface area contributed by atoms with Gasteiger partial charge in [-0.1, -0.05) is 0 Å². The third-order valence-electron chi connectivity index (χ3n) is 5.99. The van der Waals surface area contributed by atoms with Gasteiger partial charge in [-0.25, -0.2) is 9.59 Å². The first-order valence-corrected chi connectivity index (χ1v) is 10.7. The van der Waals surface area contributed by atoms with Crippen LogP contribution in [-0.4, -0.2) is 26.8 Å². The van der Waals surface area contributed by atoms with Crippen LogP contribution >= 0.6 is 0 Å². The number of ether oxygens (including phenoxy) is 3. The molecule has 11 heteroatoms. The zero-order chi connectivity index (χ0) is 25.8. The summed E-state index contributed by atoms with van der Waals surface area (Å²) in [5, 5.41) is 1.19. The van der Waals surface area contributed by atoms with Gasteiger partial charge in [-0.15, -0.1) is 0 Å². The third kappa shape index (κ3) is 3.07. The van der Waals surface area contributed by atoms with Gasteiger partial charge in [0.25, 0.3) is 0 Å². The Labute approximate surface area is 204 Å². The Hall–Kier alpha value is -5.32. The number of carbonyl (C=O) groups is 2. The van der Waals surface area contributed by atoms with Gasteiger partial charge in [0, 0.05) is 12.1 Å². The molecule has 0 fully saturated rings. The van der Waals surface area contributed by atoms with E-state index < -0.39 is 22.4 Å². The van der Waals surface area contributed by atoms with Crippen molar-refractivity contribution in [2.75, 3.05) is 14.2 Å². The monoisotopic (exact) mass is 502 g/mol. The molecule has 0 saturated heterocycles. The van der Waals surface area contributed by atoms with Crippen molar-refractivity contribution in [2.24, 2.45) is 0 Å². The fourth-order valence-corrected chi connectivity index (χ4v) is 4.41. The highest BCUT2D eigenvalue weighted by Gasteiger charge is 2.28. The van der Waals surface area contributed by atoms with Crippen molar-refractivity contribution in [3.8, 4) is 23.0 Å². The van der Waals surface area contributed by atoms with Crippen molar-refractivity contribution in [3.05, 3.63) is 68.8 Å². The number of hydrogen-bond donors (Lipinski definition) is 0. The molecule has 6 aromatic rings. The number of furan rings is 2. The average Bonchev–Trinajstić information content (AvgIpc) is 3.55. The topological polar surface area (TPSA) is 149 Å². The predicted molar refractivity (Wildman–Crippen MR) is 128 cm³/mol. The molecular weight excluding hydrogens is 488 g/mol. The number of benzene rings is 2. The molecule has 0 N–H and O–H groups in total. The molecule has 6 rings (SSSR count). The lowest BCUT2D eigenvalue weighted by Gasteiger charge is -2.16. The minimum Gasteiger partial charge on any atom is -0.495 e. The maximum atomic E-state index is 12.8. The molecule has 0 atom stereocenters. The van der Waals surface area contributed by atoms with Crippen LogP contribution in [0, 0.1) is 0 Å². The van der Waals surface area contributed by atoms with Crippen LogP contribution in [0.4, 0.5) is 0 Å². The van der Waals surface area contributed by atoms with E-state index in [2.05, 4.69) is 0 Å². The highest BCUT2D eigenvalue weighted by Crippen LogP contribution is 2.46. The smallest absolute Gasteiger partial charge is 0.350 e. The number of carbonyl (C=O) groups excluding carboxylic acids is 2. The van der Waals surface area contributed by atoms with Gasteiger partial charge in [-0.05, 0) is 12.1 Å². The largest absolute Gasteiger partial charge is 0.495 e. The number of methoxy groups -OCH3 is 2. The molecule has 0 aliphatic rings. The molecule has 4 aromatic heterocycles. The van der Waals surface area contributed by atoms with Gasteiger partial charge in [-0.3, -0.25) is 9.59 Å². The number of fused-ring (bicyclic) bond motifs is 4. The SMILES string of the molecule is COc1c2ccoc2cc2oc(=O)c(C=O)c(Oc3c(C=O)c(=O)oc4cc5occc5c(OC)c34)c12. The Morgan fingerprint density at radius 1 is 0.649 bits per heavy atom. The van der Waals surface area contributed by atoms with Gasteiger partial charge in [-0.2, -0.15) is 0 Å². The minimum atomic E-state index is -1.02. The molecule has 0 spiro atoms. The number of aldehydes is 2. The Morgan fingerprint density at radius 2 is 1.08 bits per heavy atom. The number of rotatable bonds is 6. The maximum absolute atomic E-state index is 12.8. The first-order valence-electron chi connectivity index (χ1n) is 10.7. The normalized spacial score (nSPS) is 11.4. The van der Waals surface area contributed by atoms with Crippen molar-refractivity contribution in [3.63, 3.8) is 0 Å². The summed E-state index contributed by atoms with van der Waals surface area (Å²) in [4.78, 5) is 49.6. The Morgan fingerprint density at radius 3 is 1.46 bits per heavy atom. The van der Waals surface area contributed by atoms with E-state index in [1.807, 2.05) is 0 Å². The van der Waals surface area contributed by atoms with Gasteiger partial charge < -0.3 is 31.9 Å². The van der Waals surface area contributed by atoms with Gasteiger partial charge in [0.2, 0.25) is 0 Å². The molecular formula is C26H14O11. The summed E-state index contributed by atoms with van der Waals surface area (Å²) in [6.07, 6.45) is 3.32. The van der Waals surface area contributed by atoms with Crippen LogP contribution in [0.15, 0.2) is 64.0 Å². The highest BCUT2D eigenvalue weighted by molar-refractivity contribution is 6.09. The standard InChI is InChI=1S/C26H14O11/c1-31-21-11-3-5-33-15(11)7-17-19(21)23(13(9-27)25(29)35-17)37-24-14(10-28)26(30)36-18-8-16-12(4-6-34-16)22(32-2)20(18)24/h3-10H,1-2H3. The summed E-state index contributed by atoms with van der Waals surface area (Å²) in [6.45, 7) is 0. The van der Waals surface area contributed by atoms with Crippen LogP contribution < -0.4 is 25.5 Å². The Balaban J connectivity index is 1.79. The quantitative estimate of drug-likeness (QED) is 0.228. The lowest BCUT2D eigenvalue weighted by Crippen LogP contribution is -2.13. The summed E-state index contributed by atoms with van der Waals surface area (Å²) in [7, 11) is 2.75. The molecule has 37 heavy (non-hydrogen) atoms. The first kappa shape index (κ1) is 22.2. The summed E-state index contributed by atoms with van der Waals surface area (Å²) < 4.78 is 38.8. The van der Waals surface area contributed by atoms with Gasteiger partial charge in [0.05, 0.1) is 37.5 Å². The maximum Gasteiger partial charge on any atom is 0.350 e. The molecule has 0 bridgehead atoms. The van der Waals surface area contributed by atoms with E-state index in [1.165, 1.54) is 38.9 Å². The molecule has 0 aliphatic carbocycles. The number of hydrogen-bond acceptors (Lipinski definition) is 11. The van der Waals surface area contributed by atoms with E-state index in [-0.39, 0.29) is 57.5 Å². The Bertz CT molecular complexity index is 1870. The zero-order valence-corrected chi connectivity index (χ0v) is 19.1. The van der Waals surface area contributed by atoms with Gasteiger partial charge >= 0.3 is 11.3 Å². The summed E-state index contributed by atoms with van der Waals surface area (Å²) in [5.74, 6) is -0.254. The molecule has 11 nitrogen and oxygen atoms in total. The van der Waals surface area contributed by atoms with E-state index in [9.17, 15) is 19.2 Å². The lowest BCUT2D eigenvalue weighted by molar-refractivity contribution is 0.111. The zero-order valence-electron chi connectivity index (χ0n) is 19.1. The molecule has 184 valence electrons. The molecule has 4 heterocycles. The van der Waals surface area contributed by atoms with Crippen LogP contribution in [0.2, 0.25) is 0 Å². The molecule has 0 saturated carbocycles. The van der Waals surface area contributed by atoms with Crippen LogP contribution in [0.25, 0.3) is 43.9 Å². The Kier molecular flexibility index (Phi) is 4.87. The van der Waals surface area contributed by atoms with Crippen molar-refractivity contribution < 1.29 is 41.5 Å². The molecule has 0 radical (unpaired) electrons. The van der Waals surface area contributed by atoms with Crippen molar-refractivity contribution in [1.29, 1.82) is 0 Å². The highest BCUT2D eigenvalue weighted by atomic mass is 16.5. The van der Waals surface area contributed by atoms with Crippen molar-refractivity contribution in [1.82, 2.24) is 0 Å². The van der Waals surface area contributed by atoms with Crippen LogP contribution in [0.1, 0.15) is 20.7 Å². The third-order valence-corrected chi connectivity index (χ3v) is 5.99. The van der Waals surface area contributed by atoms with E-state index in [0.29, 0.717) is 21.9 Å². The second kappa shape index (κ2) is 8.12. The average molecular weight is 502 g/mol. The van der Waals surface area contributed by atoms with Crippen molar-refractivity contribution in [2.45, 2.75) is 0 Å². The fraction of sp³-hybridized carbons (Fsp3) is 0.0769.